The minimum Gasteiger partial charge on any atom is -0.497 e. The zero-order valence-corrected chi connectivity index (χ0v) is 16.0. The van der Waals surface area contributed by atoms with Crippen LogP contribution < -0.4 is 4.74 Å². The molecule has 1 saturated carbocycles. The number of carbonyl (C=O) groups is 1. The Hall–Kier alpha value is -2.34. The van der Waals surface area contributed by atoms with Crippen LogP contribution in [-0.2, 0) is 23.8 Å². The molecule has 1 heterocycles. The summed E-state index contributed by atoms with van der Waals surface area (Å²) in [5.41, 5.74) is 3.58. The fourth-order valence-corrected chi connectivity index (χ4v) is 3.57. The van der Waals surface area contributed by atoms with Crippen molar-refractivity contribution in [3.05, 3.63) is 46.8 Å². The minimum atomic E-state index is -0.467. The molecule has 0 aliphatic heterocycles. The van der Waals surface area contributed by atoms with Crippen molar-refractivity contribution < 1.29 is 14.6 Å². The lowest BCUT2D eigenvalue weighted by Gasteiger charge is -2.27. The molecule has 1 N–H and O–H groups in total. The van der Waals surface area contributed by atoms with Crippen LogP contribution in [0.25, 0.3) is 0 Å². The van der Waals surface area contributed by atoms with E-state index in [4.69, 9.17) is 4.74 Å². The number of aryl methyl sites for hydroxylation is 2. The highest BCUT2D eigenvalue weighted by Gasteiger charge is 2.53. The molecule has 0 bridgehead atoms. The van der Waals surface area contributed by atoms with Gasteiger partial charge in [0.15, 0.2) is 0 Å². The van der Waals surface area contributed by atoms with Crippen LogP contribution >= 0.6 is 0 Å². The predicted molar refractivity (Wildman–Crippen MR) is 99.1 cm³/mol. The van der Waals surface area contributed by atoms with Crippen molar-refractivity contribution in [2.75, 3.05) is 20.3 Å². The number of amides is 1. The minimum absolute atomic E-state index is 0.0528. The summed E-state index contributed by atoms with van der Waals surface area (Å²) in [5.74, 6) is 0.866. The van der Waals surface area contributed by atoms with E-state index in [0.29, 0.717) is 13.1 Å². The van der Waals surface area contributed by atoms with E-state index in [0.717, 1.165) is 41.1 Å². The summed E-state index contributed by atoms with van der Waals surface area (Å²) in [6.07, 6.45) is 1.68. The van der Waals surface area contributed by atoms with Gasteiger partial charge in [-0.25, -0.2) is 0 Å². The topological polar surface area (TPSA) is 67.6 Å². The molecule has 26 heavy (non-hydrogen) atoms. The second kappa shape index (κ2) is 7.11. The SMILES string of the molecule is COc1ccc(C2(C(=O)N(CCO)Cc3c(C)nn(C)c3C)CC2)cc1. The Morgan fingerprint density at radius 2 is 1.96 bits per heavy atom. The predicted octanol–water partition coefficient (Wildman–Crippen LogP) is 2.10. The van der Waals surface area contributed by atoms with Gasteiger partial charge in [-0.3, -0.25) is 9.48 Å². The molecule has 1 fully saturated rings. The highest BCUT2D eigenvalue weighted by Crippen LogP contribution is 2.50. The zero-order chi connectivity index (χ0) is 18.9. The molecule has 6 nitrogen and oxygen atoms in total. The van der Waals surface area contributed by atoms with E-state index < -0.39 is 5.41 Å². The number of rotatable bonds is 7. The number of aromatic nitrogens is 2. The summed E-state index contributed by atoms with van der Waals surface area (Å²) in [4.78, 5) is 15.1. The summed E-state index contributed by atoms with van der Waals surface area (Å²) in [6.45, 7) is 4.71. The number of benzene rings is 1. The van der Waals surface area contributed by atoms with Gasteiger partial charge in [0.25, 0.3) is 0 Å². The number of hydrogen-bond acceptors (Lipinski definition) is 4. The smallest absolute Gasteiger partial charge is 0.233 e. The third-order valence-electron chi connectivity index (χ3n) is 5.47. The van der Waals surface area contributed by atoms with E-state index in [9.17, 15) is 9.90 Å². The maximum Gasteiger partial charge on any atom is 0.233 e. The van der Waals surface area contributed by atoms with Gasteiger partial charge in [-0.2, -0.15) is 5.10 Å². The van der Waals surface area contributed by atoms with Crippen LogP contribution in [0.3, 0.4) is 0 Å². The molecule has 1 aromatic carbocycles. The molecule has 0 radical (unpaired) electrons. The monoisotopic (exact) mass is 357 g/mol. The molecule has 1 aliphatic carbocycles. The normalized spacial score (nSPS) is 15.0. The van der Waals surface area contributed by atoms with E-state index in [1.165, 1.54) is 0 Å². The quantitative estimate of drug-likeness (QED) is 0.824. The van der Waals surface area contributed by atoms with E-state index in [-0.39, 0.29) is 12.5 Å². The van der Waals surface area contributed by atoms with Crippen LogP contribution in [0.15, 0.2) is 24.3 Å². The molecule has 1 aromatic heterocycles. The number of aliphatic hydroxyl groups is 1. The summed E-state index contributed by atoms with van der Waals surface area (Å²) in [6, 6.07) is 7.74. The molecule has 3 rings (SSSR count). The lowest BCUT2D eigenvalue weighted by atomic mass is 9.94. The number of aliphatic hydroxyl groups excluding tert-OH is 1. The third kappa shape index (κ3) is 3.21. The summed E-state index contributed by atoms with van der Waals surface area (Å²) >= 11 is 0. The Labute approximate surface area is 154 Å². The van der Waals surface area contributed by atoms with E-state index in [2.05, 4.69) is 5.10 Å². The Kier molecular flexibility index (Phi) is 5.05. The standard InChI is InChI=1S/C20H27N3O3/c1-14-18(15(2)22(3)21-14)13-23(11-12-24)19(25)20(9-10-20)16-5-7-17(26-4)8-6-16/h5-8,24H,9-13H2,1-4H3. The largest absolute Gasteiger partial charge is 0.497 e. The number of methoxy groups -OCH3 is 1. The van der Waals surface area contributed by atoms with Crippen LogP contribution in [0.5, 0.6) is 5.75 Å². The molecule has 1 aliphatic rings. The lowest BCUT2D eigenvalue weighted by molar-refractivity contribution is -0.135. The van der Waals surface area contributed by atoms with Crippen molar-refractivity contribution in [3.8, 4) is 5.75 Å². The van der Waals surface area contributed by atoms with Gasteiger partial charge in [0, 0.05) is 31.4 Å². The van der Waals surface area contributed by atoms with Crippen molar-refractivity contribution in [3.63, 3.8) is 0 Å². The highest BCUT2D eigenvalue weighted by atomic mass is 16.5. The Morgan fingerprint density at radius 3 is 2.42 bits per heavy atom. The van der Waals surface area contributed by atoms with E-state index in [1.54, 1.807) is 12.0 Å². The molecule has 0 unspecified atom stereocenters. The van der Waals surface area contributed by atoms with Gasteiger partial charge >= 0.3 is 0 Å². The second-order valence-corrected chi connectivity index (χ2v) is 7.03. The van der Waals surface area contributed by atoms with Crippen LogP contribution in [0.4, 0.5) is 0 Å². The highest BCUT2D eigenvalue weighted by molar-refractivity contribution is 5.91. The van der Waals surface area contributed by atoms with Gasteiger partial charge in [-0.15, -0.1) is 0 Å². The maximum atomic E-state index is 13.4. The molecular formula is C20H27N3O3. The third-order valence-corrected chi connectivity index (χ3v) is 5.47. The van der Waals surface area contributed by atoms with E-state index >= 15 is 0 Å². The number of ether oxygens (including phenoxy) is 1. The Bertz CT molecular complexity index is 791. The van der Waals surface area contributed by atoms with E-state index in [1.807, 2.05) is 49.8 Å². The van der Waals surface area contributed by atoms with Gasteiger partial charge < -0.3 is 14.7 Å². The summed E-state index contributed by atoms with van der Waals surface area (Å²) in [5, 5.41) is 13.9. The average Bonchev–Trinajstić information content (AvgIpc) is 3.41. The van der Waals surface area contributed by atoms with Gasteiger partial charge in [0.1, 0.15) is 5.75 Å². The lowest BCUT2D eigenvalue weighted by Crippen LogP contribution is -2.40. The first-order valence-corrected chi connectivity index (χ1v) is 8.97. The van der Waals surface area contributed by atoms with Crippen LogP contribution in [0.2, 0.25) is 0 Å². The Balaban J connectivity index is 1.86. The molecule has 2 aromatic rings. The molecule has 1 amide bonds. The Morgan fingerprint density at radius 1 is 1.31 bits per heavy atom. The number of nitrogens with zero attached hydrogens (tertiary/aromatic N) is 3. The van der Waals surface area contributed by atoms with Gasteiger partial charge in [-0.1, -0.05) is 12.1 Å². The first-order valence-electron chi connectivity index (χ1n) is 8.97. The van der Waals surface area contributed by atoms with Gasteiger partial charge in [0.05, 0.1) is 24.8 Å². The van der Waals surface area contributed by atoms with Crippen LogP contribution in [0.1, 0.15) is 35.4 Å². The molecule has 0 atom stereocenters. The van der Waals surface area contributed by atoms with Crippen molar-refractivity contribution in [2.45, 2.75) is 38.6 Å². The van der Waals surface area contributed by atoms with Crippen LogP contribution in [0, 0.1) is 13.8 Å². The van der Waals surface area contributed by atoms with Crippen LogP contribution in [-0.4, -0.2) is 46.0 Å². The molecular weight excluding hydrogens is 330 g/mol. The van der Waals surface area contributed by atoms with Crippen molar-refractivity contribution in [2.24, 2.45) is 7.05 Å². The van der Waals surface area contributed by atoms with Crippen molar-refractivity contribution in [1.29, 1.82) is 0 Å². The first-order chi connectivity index (χ1) is 12.4. The van der Waals surface area contributed by atoms with Gasteiger partial charge in [-0.05, 0) is 44.4 Å². The van der Waals surface area contributed by atoms with Crippen molar-refractivity contribution in [1.82, 2.24) is 14.7 Å². The second-order valence-electron chi connectivity index (χ2n) is 7.03. The molecule has 0 saturated heterocycles. The maximum absolute atomic E-state index is 13.4. The number of hydrogen-bond donors (Lipinski definition) is 1. The molecule has 6 heteroatoms. The fourth-order valence-electron chi connectivity index (χ4n) is 3.57. The first kappa shape index (κ1) is 18.5. The molecule has 0 spiro atoms. The van der Waals surface area contributed by atoms with Crippen molar-refractivity contribution >= 4 is 5.91 Å². The number of carbonyl (C=O) groups excluding carboxylic acids is 1. The molecule has 140 valence electrons. The zero-order valence-electron chi connectivity index (χ0n) is 16.0. The summed E-state index contributed by atoms with van der Waals surface area (Å²) < 4.78 is 7.05. The summed E-state index contributed by atoms with van der Waals surface area (Å²) in [7, 11) is 3.54. The fraction of sp³-hybridized carbons (Fsp3) is 0.500. The average molecular weight is 357 g/mol. The van der Waals surface area contributed by atoms with Gasteiger partial charge in [0.2, 0.25) is 5.91 Å².